The molecule has 0 aliphatic carbocycles. The Hall–Kier alpha value is -1.51. The first-order valence-electron chi connectivity index (χ1n) is 6.28. The Morgan fingerprint density at radius 3 is 2.33 bits per heavy atom. The third-order valence-electron chi connectivity index (χ3n) is 3.66. The van der Waals surface area contributed by atoms with E-state index in [-0.39, 0.29) is 11.2 Å². The maximum atomic E-state index is 11.5. The summed E-state index contributed by atoms with van der Waals surface area (Å²) in [6.45, 7) is 10.3. The van der Waals surface area contributed by atoms with Crippen LogP contribution in [0, 0.1) is 5.41 Å². The number of anilines is 2. The van der Waals surface area contributed by atoms with Crippen molar-refractivity contribution < 1.29 is 4.79 Å². The van der Waals surface area contributed by atoms with Crippen molar-refractivity contribution in [2.75, 3.05) is 17.7 Å². The van der Waals surface area contributed by atoms with Crippen molar-refractivity contribution in [2.45, 2.75) is 40.7 Å². The van der Waals surface area contributed by atoms with Gasteiger partial charge in [0.1, 0.15) is 0 Å². The lowest BCUT2D eigenvalue weighted by Crippen LogP contribution is -2.39. The molecule has 0 heterocycles. The second-order valence-electron chi connectivity index (χ2n) is 5.98. The number of carbonyl (C=O) groups is 1. The highest BCUT2D eigenvalue weighted by Gasteiger charge is 2.24. The van der Waals surface area contributed by atoms with Crippen molar-refractivity contribution >= 4 is 17.2 Å². The van der Waals surface area contributed by atoms with Crippen molar-refractivity contribution in [1.29, 1.82) is 0 Å². The van der Waals surface area contributed by atoms with Crippen molar-refractivity contribution in [2.24, 2.45) is 5.41 Å². The van der Waals surface area contributed by atoms with E-state index in [1.807, 2.05) is 19.2 Å². The molecule has 0 bridgehead atoms. The van der Waals surface area contributed by atoms with Gasteiger partial charge in [-0.1, -0.05) is 20.8 Å². The van der Waals surface area contributed by atoms with Crippen molar-refractivity contribution in [3.63, 3.8) is 0 Å². The first-order valence-corrected chi connectivity index (χ1v) is 6.28. The molecule has 0 saturated heterocycles. The van der Waals surface area contributed by atoms with E-state index >= 15 is 0 Å². The van der Waals surface area contributed by atoms with E-state index in [1.165, 1.54) is 0 Å². The Balaban J connectivity index is 3.11. The number of hydrogen-bond acceptors (Lipinski definition) is 3. The van der Waals surface area contributed by atoms with Crippen LogP contribution in [0.1, 0.15) is 45.0 Å². The molecule has 100 valence electrons. The molecule has 0 amide bonds. The molecule has 1 aromatic carbocycles. The quantitative estimate of drug-likeness (QED) is 0.659. The minimum Gasteiger partial charge on any atom is -0.398 e. The summed E-state index contributed by atoms with van der Waals surface area (Å²) in [5, 5.41) is 0. The van der Waals surface area contributed by atoms with Gasteiger partial charge < -0.3 is 10.6 Å². The third-order valence-corrected chi connectivity index (χ3v) is 3.66. The number of benzene rings is 1. The monoisotopic (exact) mass is 248 g/mol. The number of nitrogen functional groups attached to an aromatic ring is 1. The fourth-order valence-electron chi connectivity index (χ4n) is 1.87. The minimum absolute atomic E-state index is 0.00571. The molecule has 0 radical (unpaired) electrons. The summed E-state index contributed by atoms with van der Waals surface area (Å²) in [6.07, 6.45) is 0. The Morgan fingerprint density at radius 1 is 1.33 bits per heavy atom. The summed E-state index contributed by atoms with van der Waals surface area (Å²) in [4.78, 5) is 13.7. The highest BCUT2D eigenvalue weighted by atomic mass is 16.1. The average molecular weight is 248 g/mol. The molecular formula is C15H24N2O. The molecule has 1 aromatic rings. The summed E-state index contributed by atoms with van der Waals surface area (Å²) in [5.74, 6) is 0.00571. The van der Waals surface area contributed by atoms with E-state index in [9.17, 15) is 4.79 Å². The van der Waals surface area contributed by atoms with Crippen LogP contribution in [-0.4, -0.2) is 18.9 Å². The van der Waals surface area contributed by atoms with E-state index in [0.29, 0.717) is 17.3 Å². The topological polar surface area (TPSA) is 46.3 Å². The van der Waals surface area contributed by atoms with Crippen molar-refractivity contribution in [3.8, 4) is 0 Å². The maximum absolute atomic E-state index is 11.5. The summed E-state index contributed by atoms with van der Waals surface area (Å²) in [6, 6.07) is 6.00. The lowest BCUT2D eigenvalue weighted by molar-refractivity contribution is 0.101. The minimum atomic E-state index is 0.00571. The summed E-state index contributed by atoms with van der Waals surface area (Å²) >= 11 is 0. The zero-order valence-corrected chi connectivity index (χ0v) is 12.2. The van der Waals surface area contributed by atoms with Crippen LogP contribution in [0.4, 0.5) is 11.4 Å². The number of carbonyl (C=O) groups excluding carboxylic acids is 1. The van der Waals surface area contributed by atoms with Crippen molar-refractivity contribution in [3.05, 3.63) is 23.8 Å². The largest absolute Gasteiger partial charge is 0.398 e. The van der Waals surface area contributed by atoms with E-state index in [0.717, 1.165) is 5.69 Å². The van der Waals surface area contributed by atoms with Crippen LogP contribution in [0.3, 0.4) is 0 Å². The molecule has 18 heavy (non-hydrogen) atoms. The average Bonchev–Trinajstić information content (AvgIpc) is 2.26. The fourth-order valence-corrected chi connectivity index (χ4v) is 1.87. The molecule has 3 heteroatoms. The van der Waals surface area contributed by atoms with E-state index in [4.69, 9.17) is 5.73 Å². The van der Waals surface area contributed by atoms with E-state index < -0.39 is 0 Å². The normalized spacial score (nSPS) is 13.2. The van der Waals surface area contributed by atoms with E-state index in [2.05, 4.69) is 32.6 Å². The first-order chi connectivity index (χ1) is 8.14. The molecule has 0 fully saturated rings. The maximum Gasteiger partial charge on any atom is 0.161 e. The molecule has 0 aromatic heterocycles. The van der Waals surface area contributed by atoms with Gasteiger partial charge in [0, 0.05) is 30.0 Å². The fraction of sp³-hybridized carbons (Fsp3) is 0.533. The van der Waals surface area contributed by atoms with Gasteiger partial charge in [-0.3, -0.25) is 4.79 Å². The zero-order chi connectivity index (χ0) is 14.1. The molecular weight excluding hydrogens is 224 g/mol. The van der Waals surface area contributed by atoms with Gasteiger partial charge in [0.15, 0.2) is 5.78 Å². The van der Waals surface area contributed by atoms with Gasteiger partial charge in [0.05, 0.1) is 0 Å². The number of nitrogens with zero attached hydrogens (tertiary/aromatic N) is 1. The SMILES string of the molecule is CC(=O)c1cc(N(C)C(C)C(C)(C)C)ccc1N. The number of hydrogen-bond donors (Lipinski definition) is 1. The van der Waals surface area contributed by atoms with Crippen molar-refractivity contribution in [1.82, 2.24) is 0 Å². The van der Waals surface area contributed by atoms with Crippen LogP contribution >= 0.6 is 0 Å². The highest BCUT2D eigenvalue weighted by Crippen LogP contribution is 2.29. The van der Waals surface area contributed by atoms with Crippen LogP contribution in [0.5, 0.6) is 0 Å². The highest BCUT2D eigenvalue weighted by molar-refractivity contribution is 6.00. The van der Waals surface area contributed by atoms with Gasteiger partial charge in [0.25, 0.3) is 0 Å². The van der Waals surface area contributed by atoms with Gasteiger partial charge in [-0.2, -0.15) is 0 Å². The smallest absolute Gasteiger partial charge is 0.161 e. The molecule has 0 spiro atoms. The van der Waals surface area contributed by atoms with Crippen LogP contribution in [0.25, 0.3) is 0 Å². The molecule has 3 nitrogen and oxygen atoms in total. The molecule has 0 aliphatic heterocycles. The molecule has 1 unspecified atom stereocenters. The van der Waals surface area contributed by atoms with Crippen LogP contribution in [0.2, 0.25) is 0 Å². The Bertz CT molecular complexity index is 446. The number of nitrogens with two attached hydrogens (primary N) is 1. The summed E-state index contributed by atoms with van der Waals surface area (Å²) < 4.78 is 0. The zero-order valence-electron chi connectivity index (χ0n) is 12.2. The summed E-state index contributed by atoms with van der Waals surface area (Å²) in [7, 11) is 2.05. The van der Waals surface area contributed by atoms with Gasteiger partial charge in [-0.05, 0) is 37.5 Å². The molecule has 1 rings (SSSR count). The predicted octanol–water partition coefficient (Wildman–Crippen LogP) is 3.34. The second kappa shape index (κ2) is 5.01. The Morgan fingerprint density at radius 2 is 1.89 bits per heavy atom. The number of ketones is 1. The molecule has 0 saturated carbocycles. The van der Waals surface area contributed by atoms with Gasteiger partial charge in [0.2, 0.25) is 0 Å². The summed E-state index contributed by atoms with van der Waals surface area (Å²) in [5.41, 5.74) is 8.15. The van der Waals surface area contributed by atoms with E-state index in [1.54, 1.807) is 13.0 Å². The first kappa shape index (κ1) is 14.6. The van der Waals surface area contributed by atoms with Gasteiger partial charge >= 0.3 is 0 Å². The van der Waals surface area contributed by atoms with Crippen LogP contribution in [0.15, 0.2) is 18.2 Å². The Kier molecular flexibility index (Phi) is 4.05. The third kappa shape index (κ3) is 3.03. The Labute approximate surface area is 110 Å². The van der Waals surface area contributed by atoms with Crippen LogP contribution in [-0.2, 0) is 0 Å². The number of rotatable bonds is 3. The lowest BCUT2D eigenvalue weighted by Gasteiger charge is -2.37. The molecule has 0 aliphatic rings. The lowest BCUT2D eigenvalue weighted by atomic mass is 9.87. The molecule has 2 N–H and O–H groups in total. The molecule has 1 atom stereocenters. The van der Waals surface area contributed by atoms with Crippen LogP contribution < -0.4 is 10.6 Å². The predicted molar refractivity (Wildman–Crippen MR) is 78.2 cm³/mol. The second-order valence-corrected chi connectivity index (χ2v) is 5.98. The van der Waals surface area contributed by atoms with Gasteiger partial charge in [-0.15, -0.1) is 0 Å². The standard InChI is InChI=1S/C15H24N2O/c1-10(18)13-9-12(7-8-14(13)16)17(6)11(2)15(3,4)5/h7-9,11H,16H2,1-6H3. The van der Waals surface area contributed by atoms with Gasteiger partial charge in [-0.25, -0.2) is 0 Å². The number of Topliss-reactive ketones (excluding diaryl/α,β-unsaturated/α-hetero) is 1.